The number of carbonyl (C=O) groups excluding carboxylic acids is 1. The average Bonchev–Trinajstić information content (AvgIpc) is 2.27. The predicted molar refractivity (Wildman–Crippen MR) is 81.0 cm³/mol. The monoisotopic (exact) mass is 318 g/mol. The summed E-state index contributed by atoms with van der Waals surface area (Å²) in [5.41, 5.74) is 0.986. The van der Waals surface area contributed by atoms with Crippen molar-refractivity contribution in [2.45, 2.75) is 53.9 Å². The van der Waals surface area contributed by atoms with Gasteiger partial charge in [-0.3, -0.25) is 4.79 Å². The van der Waals surface area contributed by atoms with Crippen molar-refractivity contribution in [1.82, 2.24) is 0 Å². The van der Waals surface area contributed by atoms with Gasteiger partial charge in [0.15, 0.2) is 0 Å². The lowest BCUT2D eigenvalue weighted by atomic mass is 9.97. The third kappa shape index (κ3) is 8.73. The Morgan fingerprint density at radius 2 is 1.94 bits per heavy atom. The van der Waals surface area contributed by atoms with Crippen molar-refractivity contribution in [3.8, 4) is 0 Å². The maximum absolute atomic E-state index is 11.6. The summed E-state index contributed by atoms with van der Waals surface area (Å²) < 4.78 is 5.26. The second kappa shape index (κ2) is 8.73. The van der Waals surface area contributed by atoms with Gasteiger partial charge in [0.2, 0.25) is 0 Å². The van der Waals surface area contributed by atoms with Gasteiger partial charge in [-0.05, 0) is 52.9 Å². The van der Waals surface area contributed by atoms with Gasteiger partial charge in [-0.25, -0.2) is 0 Å². The van der Waals surface area contributed by atoms with Crippen LogP contribution in [0, 0.1) is 11.3 Å². The molecule has 0 aliphatic rings. The molecule has 2 nitrogen and oxygen atoms in total. The Morgan fingerprint density at radius 1 is 1.33 bits per heavy atom. The Balaban J connectivity index is 3.72. The Labute approximate surface area is 120 Å². The zero-order valence-electron chi connectivity index (χ0n) is 12.4. The molecule has 0 spiro atoms. The van der Waals surface area contributed by atoms with Crippen LogP contribution in [0.25, 0.3) is 0 Å². The van der Waals surface area contributed by atoms with Gasteiger partial charge in [-0.1, -0.05) is 34.5 Å². The van der Waals surface area contributed by atoms with Gasteiger partial charge >= 0.3 is 5.97 Å². The van der Waals surface area contributed by atoms with E-state index in [9.17, 15) is 4.79 Å². The summed E-state index contributed by atoms with van der Waals surface area (Å²) in [5, 5.41) is 0.949. The van der Waals surface area contributed by atoms with Crippen LogP contribution < -0.4 is 0 Å². The van der Waals surface area contributed by atoms with Crippen LogP contribution in [-0.2, 0) is 9.53 Å². The van der Waals surface area contributed by atoms with E-state index in [0.717, 1.165) is 24.6 Å². The van der Waals surface area contributed by atoms with Crippen LogP contribution in [0.3, 0.4) is 0 Å². The van der Waals surface area contributed by atoms with Crippen molar-refractivity contribution in [3.63, 3.8) is 0 Å². The van der Waals surface area contributed by atoms with E-state index < -0.39 is 0 Å². The standard InChI is InChI=1S/C15H27BrO2/c1-12(7-6-8-13(2)11-16)9-10-18-14(17)15(3,4)5/h8,12H,6-7,9-11H2,1-5H3/b13-8-/t12-/m0/s1. The van der Waals surface area contributed by atoms with E-state index in [1.54, 1.807) is 0 Å². The van der Waals surface area contributed by atoms with Crippen LogP contribution in [0.2, 0.25) is 0 Å². The molecule has 0 amide bonds. The van der Waals surface area contributed by atoms with Gasteiger partial charge in [-0.15, -0.1) is 0 Å². The third-order valence-corrected chi connectivity index (χ3v) is 3.70. The normalized spacial score (nSPS) is 14.4. The van der Waals surface area contributed by atoms with Crippen LogP contribution in [-0.4, -0.2) is 17.9 Å². The van der Waals surface area contributed by atoms with Gasteiger partial charge in [0.05, 0.1) is 12.0 Å². The minimum Gasteiger partial charge on any atom is -0.465 e. The zero-order chi connectivity index (χ0) is 14.2. The van der Waals surface area contributed by atoms with Gasteiger partial charge in [0, 0.05) is 5.33 Å². The molecule has 0 radical (unpaired) electrons. The van der Waals surface area contributed by atoms with E-state index in [0.29, 0.717) is 12.5 Å². The largest absolute Gasteiger partial charge is 0.465 e. The molecular weight excluding hydrogens is 292 g/mol. The molecule has 0 bridgehead atoms. The number of allylic oxidation sites excluding steroid dienone is 2. The van der Waals surface area contributed by atoms with Crippen molar-refractivity contribution in [1.29, 1.82) is 0 Å². The predicted octanol–water partition coefficient (Wildman–Crippen LogP) is 4.72. The highest BCUT2D eigenvalue weighted by molar-refractivity contribution is 9.09. The van der Waals surface area contributed by atoms with Crippen molar-refractivity contribution < 1.29 is 9.53 Å². The maximum Gasteiger partial charge on any atom is 0.311 e. The Kier molecular flexibility index (Phi) is 8.58. The van der Waals surface area contributed by atoms with Gasteiger partial charge in [0.1, 0.15) is 0 Å². The van der Waals surface area contributed by atoms with Gasteiger partial charge < -0.3 is 4.74 Å². The molecule has 0 fully saturated rings. The number of ether oxygens (including phenoxy) is 1. The Bertz CT molecular complexity index is 277. The van der Waals surface area contributed by atoms with Crippen LogP contribution in [0.15, 0.2) is 11.6 Å². The third-order valence-electron chi connectivity index (χ3n) is 2.82. The van der Waals surface area contributed by atoms with E-state index in [1.165, 1.54) is 5.57 Å². The zero-order valence-corrected chi connectivity index (χ0v) is 14.0. The summed E-state index contributed by atoms with van der Waals surface area (Å²) in [6.45, 7) is 10.5. The highest BCUT2D eigenvalue weighted by atomic mass is 79.9. The minimum atomic E-state index is -0.390. The summed E-state index contributed by atoms with van der Waals surface area (Å²) >= 11 is 3.43. The molecule has 0 rings (SSSR count). The molecule has 18 heavy (non-hydrogen) atoms. The molecule has 0 saturated carbocycles. The number of hydrogen-bond acceptors (Lipinski definition) is 2. The number of carbonyl (C=O) groups is 1. The lowest BCUT2D eigenvalue weighted by molar-refractivity contribution is -0.153. The number of hydrogen-bond donors (Lipinski definition) is 0. The SMILES string of the molecule is C/C(=C/CC[C@H](C)CCOC(=O)C(C)(C)C)CBr. The Morgan fingerprint density at radius 3 is 2.44 bits per heavy atom. The molecule has 0 aromatic heterocycles. The smallest absolute Gasteiger partial charge is 0.311 e. The van der Waals surface area contributed by atoms with Crippen molar-refractivity contribution >= 4 is 21.9 Å². The quantitative estimate of drug-likeness (QED) is 0.385. The first-order valence-corrected chi connectivity index (χ1v) is 7.78. The van der Waals surface area contributed by atoms with Gasteiger partial charge in [0.25, 0.3) is 0 Å². The molecular formula is C15H27BrO2. The second-order valence-electron chi connectivity index (χ2n) is 6.04. The van der Waals surface area contributed by atoms with Crippen LogP contribution in [0.1, 0.15) is 53.9 Å². The second-order valence-corrected chi connectivity index (χ2v) is 6.60. The number of esters is 1. The van der Waals surface area contributed by atoms with Gasteiger partial charge in [-0.2, -0.15) is 0 Å². The van der Waals surface area contributed by atoms with E-state index in [2.05, 4.69) is 35.9 Å². The molecule has 1 atom stereocenters. The molecule has 0 unspecified atom stereocenters. The highest BCUT2D eigenvalue weighted by Gasteiger charge is 2.22. The fourth-order valence-corrected chi connectivity index (χ4v) is 1.61. The van der Waals surface area contributed by atoms with Crippen molar-refractivity contribution in [2.24, 2.45) is 11.3 Å². The average molecular weight is 319 g/mol. The van der Waals surface area contributed by atoms with E-state index >= 15 is 0 Å². The summed E-state index contributed by atoms with van der Waals surface area (Å²) in [5.74, 6) is 0.488. The molecule has 106 valence electrons. The van der Waals surface area contributed by atoms with Crippen LogP contribution >= 0.6 is 15.9 Å². The summed E-state index contributed by atoms with van der Waals surface area (Å²) in [7, 11) is 0. The first kappa shape index (κ1) is 17.7. The minimum absolute atomic E-state index is 0.107. The molecule has 0 saturated heterocycles. The van der Waals surface area contributed by atoms with E-state index in [4.69, 9.17) is 4.74 Å². The van der Waals surface area contributed by atoms with Crippen LogP contribution in [0.5, 0.6) is 0 Å². The van der Waals surface area contributed by atoms with Crippen molar-refractivity contribution in [3.05, 3.63) is 11.6 Å². The topological polar surface area (TPSA) is 26.3 Å². The molecule has 0 aliphatic heterocycles. The van der Waals surface area contributed by atoms with E-state index in [1.807, 2.05) is 20.8 Å². The van der Waals surface area contributed by atoms with E-state index in [-0.39, 0.29) is 11.4 Å². The fraction of sp³-hybridized carbons (Fsp3) is 0.800. The summed E-state index contributed by atoms with van der Waals surface area (Å²) in [4.78, 5) is 11.6. The molecule has 0 N–H and O–H groups in total. The van der Waals surface area contributed by atoms with Crippen LogP contribution in [0.4, 0.5) is 0 Å². The number of rotatable bonds is 7. The Hall–Kier alpha value is -0.310. The first-order valence-electron chi connectivity index (χ1n) is 6.66. The first-order chi connectivity index (χ1) is 8.27. The summed E-state index contributed by atoms with van der Waals surface area (Å²) in [6.07, 6.45) is 5.47. The van der Waals surface area contributed by atoms with Crippen molar-refractivity contribution in [2.75, 3.05) is 11.9 Å². The number of alkyl halides is 1. The fourth-order valence-electron chi connectivity index (χ4n) is 1.38. The molecule has 0 aliphatic carbocycles. The lowest BCUT2D eigenvalue weighted by Gasteiger charge is -2.17. The lowest BCUT2D eigenvalue weighted by Crippen LogP contribution is -2.23. The highest BCUT2D eigenvalue weighted by Crippen LogP contribution is 2.17. The number of halogens is 1. The molecule has 0 heterocycles. The molecule has 0 aromatic carbocycles. The molecule has 0 aromatic rings. The molecule has 3 heteroatoms. The maximum atomic E-state index is 11.6. The summed E-state index contributed by atoms with van der Waals surface area (Å²) in [6, 6.07) is 0.